The Morgan fingerprint density at radius 1 is 1.04 bits per heavy atom. The van der Waals surface area contributed by atoms with Crippen LogP contribution in [0.3, 0.4) is 0 Å². The van der Waals surface area contributed by atoms with Crippen LogP contribution < -0.4 is 4.90 Å². The Kier molecular flexibility index (Phi) is 4.51. The van der Waals surface area contributed by atoms with E-state index in [-0.39, 0.29) is 5.41 Å². The van der Waals surface area contributed by atoms with Gasteiger partial charge in [-0.25, -0.2) is 4.98 Å². The van der Waals surface area contributed by atoms with Gasteiger partial charge in [0.05, 0.1) is 13.2 Å². The van der Waals surface area contributed by atoms with Crippen LogP contribution in [0.5, 0.6) is 0 Å². The zero-order valence-electron chi connectivity index (χ0n) is 13.8. The molecule has 1 aromatic rings. The highest BCUT2D eigenvalue weighted by atomic mass is 16.5. The molecule has 0 amide bonds. The number of hydrogen-bond donors (Lipinski definition) is 0. The summed E-state index contributed by atoms with van der Waals surface area (Å²) in [6, 6.07) is 6.87. The molecule has 0 saturated carbocycles. The fraction of sp³-hybridized carbons (Fsp3) is 0.722. The zero-order valence-corrected chi connectivity index (χ0v) is 13.8. The number of pyridine rings is 1. The molecule has 1 spiro atoms. The van der Waals surface area contributed by atoms with E-state index in [1.165, 1.54) is 25.8 Å². The fourth-order valence-corrected chi connectivity index (χ4v) is 4.31. The lowest BCUT2D eigenvalue weighted by atomic mass is 9.87. The highest BCUT2D eigenvalue weighted by molar-refractivity contribution is 5.38. The topological polar surface area (TPSA) is 37.8 Å². The average Bonchev–Trinajstić information content (AvgIpc) is 2.91. The predicted octanol–water partition coefficient (Wildman–Crippen LogP) is 1.79. The van der Waals surface area contributed by atoms with E-state index >= 15 is 0 Å². The SMILES string of the molecule is c1ccc(N2CCOCC3(CCN(C4CCOCC4)C3)C2)nc1. The van der Waals surface area contributed by atoms with Gasteiger partial charge in [-0.15, -0.1) is 0 Å². The van der Waals surface area contributed by atoms with Crippen LogP contribution in [0.15, 0.2) is 24.4 Å². The molecule has 0 aromatic carbocycles. The van der Waals surface area contributed by atoms with Crippen LogP contribution >= 0.6 is 0 Å². The van der Waals surface area contributed by atoms with E-state index in [1.54, 1.807) is 0 Å². The second-order valence-corrected chi connectivity index (χ2v) is 7.23. The lowest BCUT2D eigenvalue weighted by molar-refractivity contribution is 0.0303. The highest BCUT2D eigenvalue weighted by Crippen LogP contribution is 2.36. The van der Waals surface area contributed by atoms with Crippen LogP contribution in [0.1, 0.15) is 19.3 Å². The van der Waals surface area contributed by atoms with Gasteiger partial charge >= 0.3 is 0 Å². The molecule has 1 unspecified atom stereocenters. The summed E-state index contributed by atoms with van der Waals surface area (Å²) in [4.78, 5) is 9.65. The van der Waals surface area contributed by atoms with Crippen molar-refractivity contribution in [2.75, 3.05) is 57.5 Å². The number of anilines is 1. The monoisotopic (exact) mass is 317 g/mol. The van der Waals surface area contributed by atoms with Gasteiger partial charge in [0.15, 0.2) is 0 Å². The van der Waals surface area contributed by atoms with E-state index < -0.39 is 0 Å². The first-order chi connectivity index (χ1) is 11.3. The molecule has 1 atom stereocenters. The molecule has 4 rings (SSSR count). The minimum absolute atomic E-state index is 0.256. The summed E-state index contributed by atoms with van der Waals surface area (Å²) in [6.07, 6.45) is 5.48. The summed E-state index contributed by atoms with van der Waals surface area (Å²) in [6.45, 7) is 7.88. The van der Waals surface area contributed by atoms with Crippen molar-refractivity contribution in [1.29, 1.82) is 0 Å². The largest absolute Gasteiger partial charge is 0.381 e. The van der Waals surface area contributed by atoms with Crippen molar-refractivity contribution < 1.29 is 9.47 Å². The Balaban J connectivity index is 1.46. The third-order valence-corrected chi connectivity index (χ3v) is 5.59. The van der Waals surface area contributed by atoms with Crippen LogP contribution in [0.2, 0.25) is 0 Å². The molecular formula is C18H27N3O2. The van der Waals surface area contributed by atoms with Gasteiger partial charge in [-0.1, -0.05) is 6.07 Å². The number of rotatable bonds is 2. The van der Waals surface area contributed by atoms with E-state index in [1.807, 2.05) is 12.3 Å². The van der Waals surface area contributed by atoms with Crippen LogP contribution in [0.4, 0.5) is 5.82 Å². The van der Waals surface area contributed by atoms with Crippen molar-refractivity contribution in [3.63, 3.8) is 0 Å². The lowest BCUT2D eigenvalue weighted by Crippen LogP contribution is -2.44. The summed E-state index contributed by atoms with van der Waals surface area (Å²) < 4.78 is 11.5. The molecule has 3 aliphatic heterocycles. The van der Waals surface area contributed by atoms with Crippen LogP contribution in [-0.4, -0.2) is 68.5 Å². The number of likely N-dealkylation sites (tertiary alicyclic amines) is 1. The maximum atomic E-state index is 6.00. The van der Waals surface area contributed by atoms with Gasteiger partial charge in [0.1, 0.15) is 5.82 Å². The molecule has 5 nitrogen and oxygen atoms in total. The number of aromatic nitrogens is 1. The van der Waals surface area contributed by atoms with Crippen molar-refractivity contribution in [3.8, 4) is 0 Å². The third-order valence-electron chi connectivity index (χ3n) is 5.59. The van der Waals surface area contributed by atoms with Gasteiger partial charge in [-0.3, -0.25) is 4.90 Å². The maximum absolute atomic E-state index is 6.00. The third kappa shape index (κ3) is 3.37. The minimum atomic E-state index is 0.256. The van der Waals surface area contributed by atoms with Crippen molar-refractivity contribution in [1.82, 2.24) is 9.88 Å². The van der Waals surface area contributed by atoms with E-state index in [4.69, 9.17) is 9.47 Å². The maximum Gasteiger partial charge on any atom is 0.128 e. The zero-order chi connectivity index (χ0) is 15.5. The van der Waals surface area contributed by atoms with Crippen molar-refractivity contribution in [2.24, 2.45) is 5.41 Å². The van der Waals surface area contributed by atoms with Gasteiger partial charge in [-0.05, 0) is 37.9 Å². The summed E-state index contributed by atoms with van der Waals surface area (Å²) in [5.74, 6) is 1.09. The van der Waals surface area contributed by atoms with Gasteiger partial charge in [0.25, 0.3) is 0 Å². The Bertz CT molecular complexity index is 506. The number of hydrogen-bond acceptors (Lipinski definition) is 5. The highest BCUT2D eigenvalue weighted by Gasteiger charge is 2.43. The van der Waals surface area contributed by atoms with Gasteiger partial charge in [0, 0.05) is 50.5 Å². The molecule has 0 bridgehead atoms. The number of ether oxygens (including phenoxy) is 2. The molecule has 3 aliphatic rings. The molecule has 3 saturated heterocycles. The van der Waals surface area contributed by atoms with E-state index in [9.17, 15) is 0 Å². The molecule has 3 fully saturated rings. The van der Waals surface area contributed by atoms with E-state index in [2.05, 4.69) is 26.9 Å². The normalized spacial score (nSPS) is 30.7. The summed E-state index contributed by atoms with van der Waals surface area (Å²) in [5, 5.41) is 0. The molecular weight excluding hydrogens is 290 g/mol. The van der Waals surface area contributed by atoms with Crippen LogP contribution in [0, 0.1) is 5.41 Å². The standard InChI is InChI=1S/C18H27N3O2/c1-2-7-19-17(3-1)21-9-12-23-15-18(14-21)6-8-20(13-18)16-4-10-22-11-5-16/h1-3,7,16H,4-6,8-15H2. The van der Waals surface area contributed by atoms with Crippen molar-refractivity contribution in [3.05, 3.63) is 24.4 Å². The van der Waals surface area contributed by atoms with Crippen LogP contribution in [-0.2, 0) is 9.47 Å². The Morgan fingerprint density at radius 2 is 1.96 bits per heavy atom. The minimum Gasteiger partial charge on any atom is -0.381 e. The van der Waals surface area contributed by atoms with Crippen LogP contribution in [0.25, 0.3) is 0 Å². The lowest BCUT2D eigenvalue weighted by Gasteiger charge is -2.35. The second-order valence-electron chi connectivity index (χ2n) is 7.23. The summed E-state index contributed by atoms with van der Waals surface area (Å²) >= 11 is 0. The van der Waals surface area contributed by atoms with E-state index in [0.717, 1.165) is 51.9 Å². The molecule has 4 heterocycles. The van der Waals surface area contributed by atoms with Gasteiger partial charge in [-0.2, -0.15) is 0 Å². The first kappa shape index (κ1) is 15.4. The molecule has 0 aliphatic carbocycles. The first-order valence-corrected chi connectivity index (χ1v) is 8.90. The van der Waals surface area contributed by atoms with Crippen molar-refractivity contribution in [2.45, 2.75) is 25.3 Å². The molecule has 1 aromatic heterocycles. The summed E-state index contributed by atoms with van der Waals surface area (Å²) in [7, 11) is 0. The quantitative estimate of drug-likeness (QED) is 0.831. The van der Waals surface area contributed by atoms with Gasteiger partial charge in [0.2, 0.25) is 0 Å². The van der Waals surface area contributed by atoms with Gasteiger partial charge < -0.3 is 14.4 Å². The Labute approximate surface area is 138 Å². The summed E-state index contributed by atoms with van der Waals surface area (Å²) in [5.41, 5.74) is 0.256. The Morgan fingerprint density at radius 3 is 2.78 bits per heavy atom. The van der Waals surface area contributed by atoms with E-state index in [0.29, 0.717) is 6.04 Å². The predicted molar refractivity (Wildman–Crippen MR) is 89.7 cm³/mol. The van der Waals surface area contributed by atoms with Crippen molar-refractivity contribution >= 4 is 5.82 Å². The molecule has 23 heavy (non-hydrogen) atoms. The molecule has 0 N–H and O–H groups in total. The first-order valence-electron chi connectivity index (χ1n) is 8.90. The molecule has 5 heteroatoms. The average molecular weight is 317 g/mol. The smallest absolute Gasteiger partial charge is 0.128 e. The molecule has 126 valence electrons. The second kappa shape index (κ2) is 6.75. The fourth-order valence-electron chi connectivity index (χ4n) is 4.31. The molecule has 0 radical (unpaired) electrons. The Hall–Kier alpha value is -1.17. The number of nitrogens with zero attached hydrogens (tertiary/aromatic N) is 3.